The number of carbonyl (C=O) groups is 2. The number of carbonyl (C=O) groups excluding carboxylic acids is 1. The topological polar surface area (TPSA) is 95.1 Å². The van der Waals surface area contributed by atoms with Gasteiger partial charge in [-0.15, -0.1) is 11.3 Å². The van der Waals surface area contributed by atoms with Crippen LogP contribution in [0.15, 0.2) is 18.6 Å². The lowest BCUT2D eigenvalue weighted by Gasteiger charge is -2.12. The smallest absolute Gasteiger partial charge is 0.326 e. The van der Waals surface area contributed by atoms with Gasteiger partial charge in [0, 0.05) is 23.2 Å². The maximum Gasteiger partial charge on any atom is 0.326 e. The number of aliphatic carboxylic acids is 1. The van der Waals surface area contributed by atoms with Crippen LogP contribution in [0.1, 0.15) is 32.7 Å². The Hall–Kier alpha value is -2.15. The molecule has 0 spiro atoms. The van der Waals surface area contributed by atoms with Gasteiger partial charge in [-0.25, -0.2) is 9.78 Å². The highest BCUT2D eigenvalue weighted by Gasteiger charge is 2.22. The summed E-state index contributed by atoms with van der Waals surface area (Å²) >= 11 is 1.40. The van der Waals surface area contributed by atoms with E-state index < -0.39 is 12.0 Å². The second-order valence-electron chi connectivity index (χ2n) is 4.72. The first-order chi connectivity index (χ1) is 10.0. The van der Waals surface area contributed by atoms with Crippen molar-refractivity contribution in [1.29, 1.82) is 0 Å². The summed E-state index contributed by atoms with van der Waals surface area (Å²) in [6, 6.07) is 0.818. The van der Waals surface area contributed by atoms with Gasteiger partial charge in [-0.3, -0.25) is 4.79 Å². The number of rotatable bonds is 6. The average molecular weight is 307 g/mol. The molecule has 1 amide bonds. The van der Waals surface area contributed by atoms with E-state index >= 15 is 0 Å². The highest BCUT2D eigenvalue weighted by molar-refractivity contribution is 7.14. The zero-order valence-electron chi connectivity index (χ0n) is 11.8. The summed E-state index contributed by atoms with van der Waals surface area (Å²) in [5.41, 5.74) is 1.73. The molecule has 0 bridgehead atoms. The molecule has 0 aliphatic carbocycles. The molecule has 0 saturated heterocycles. The van der Waals surface area contributed by atoms with Gasteiger partial charge in [0.25, 0.3) is 5.91 Å². The first-order valence-electron chi connectivity index (χ1n) is 6.61. The van der Waals surface area contributed by atoms with Crippen LogP contribution >= 0.6 is 11.3 Å². The Kier molecular flexibility index (Phi) is 4.74. The number of carboxylic acids is 1. The summed E-state index contributed by atoms with van der Waals surface area (Å²) in [5, 5.41) is 11.8. The molecule has 0 aliphatic heterocycles. The fraction of sp³-hybridized carbons (Fsp3) is 0.357. The third-order valence-corrected chi connectivity index (χ3v) is 4.53. The van der Waals surface area contributed by atoms with E-state index in [0.717, 1.165) is 16.9 Å². The number of amides is 1. The van der Waals surface area contributed by atoms with Gasteiger partial charge in [0.15, 0.2) is 0 Å². The Labute approximate surface area is 126 Å². The monoisotopic (exact) mass is 307 g/mol. The lowest BCUT2D eigenvalue weighted by molar-refractivity contribution is -0.139. The quantitative estimate of drug-likeness (QED) is 0.758. The van der Waals surface area contributed by atoms with Crippen LogP contribution in [-0.2, 0) is 17.6 Å². The molecule has 2 aromatic heterocycles. The highest BCUT2D eigenvalue weighted by Crippen LogP contribution is 2.22. The summed E-state index contributed by atoms with van der Waals surface area (Å²) < 4.78 is 0. The summed E-state index contributed by atoms with van der Waals surface area (Å²) in [6.45, 7) is 3.98. The molecule has 0 unspecified atom stereocenters. The third kappa shape index (κ3) is 3.69. The van der Waals surface area contributed by atoms with Gasteiger partial charge in [-0.05, 0) is 25.0 Å². The number of aromatic nitrogens is 2. The number of nitrogens with one attached hydrogen (secondary N) is 2. The van der Waals surface area contributed by atoms with Gasteiger partial charge in [-0.2, -0.15) is 0 Å². The van der Waals surface area contributed by atoms with Crippen molar-refractivity contribution in [3.8, 4) is 0 Å². The molecule has 2 aromatic rings. The van der Waals surface area contributed by atoms with Crippen molar-refractivity contribution >= 4 is 23.2 Å². The number of hydrogen-bond acceptors (Lipinski definition) is 4. The maximum atomic E-state index is 12.2. The number of nitrogens with zero attached hydrogens (tertiary/aromatic N) is 1. The number of aryl methyl sites for hydroxylation is 2. The van der Waals surface area contributed by atoms with Crippen LogP contribution in [0.4, 0.5) is 0 Å². The van der Waals surface area contributed by atoms with Crippen molar-refractivity contribution in [3.63, 3.8) is 0 Å². The van der Waals surface area contributed by atoms with E-state index in [9.17, 15) is 14.7 Å². The summed E-state index contributed by atoms with van der Waals surface area (Å²) in [4.78, 5) is 31.8. The number of H-pyrrole nitrogens is 1. The summed E-state index contributed by atoms with van der Waals surface area (Å²) in [7, 11) is 0. The van der Waals surface area contributed by atoms with E-state index in [4.69, 9.17) is 0 Å². The Morgan fingerprint density at radius 2 is 2.29 bits per heavy atom. The molecule has 21 heavy (non-hydrogen) atoms. The molecule has 2 rings (SSSR count). The molecule has 112 valence electrons. The largest absolute Gasteiger partial charge is 0.480 e. The fourth-order valence-electron chi connectivity index (χ4n) is 2.03. The second kappa shape index (κ2) is 6.53. The summed E-state index contributed by atoms with van der Waals surface area (Å²) in [5.74, 6) is -1.42. The standard InChI is InChI=1S/C14H17N3O3S/c1-3-11-8(2)4-12(21-11)13(18)17-10(14(19)20)5-9-6-15-7-16-9/h4,6-7,10H,3,5H2,1-2H3,(H,15,16)(H,17,18)(H,19,20)/t10-/m1/s1. The normalized spacial score (nSPS) is 12.1. The van der Waals surface area contributed by atoms with Gasteiger partial charge in [0.2, 0.25) is 0 Å². The second-order valence-corrected chi connectivity index (χ2v) is 5.85. The maximum absolute atomic E-state index is 12.2. The van der Waals surface area contributed by atoms with Crippen LogP contribution in [0, 0.1) is 6.92 Å². The summed E-state index contributed by atoms with van der Waals surface area (Å²) in [6.07, 6.45) is 4.06. The van der Waals surface area contributed by atoms with Gasteiger partial charge in [0.05, 0.1) is 11.2 Å². The number of hydrogen-bond donors (Lipinski definition) is 3. The Morgan fingerprint density at radius 3 is 2.81 bits per heavy atom. The predicted molar refractivity (Wildman–Crippen MR) is 79.6 cm³/mol. The lowest BCUT2D eigenvalue weighted by Crippen LogP contribution is -2.42. The number of imidazole rings is 1. The molecule has 0 fully saturated rings. The van der Waals surface area contributed by atoms with Crippen LogP contribution < -0.4 is 5.32 Å². The molecular weight excluding hydrogens is 290 g/mol. The van der Waals surface area contributed by atoms with Crippen LogP contribution in [0.25, 0.3) is 0 Å². The third-order valence-electron chi connectivity index (χ3n) is 3.15. The molecule has 3 N–H and O–H groups in total. The first kappa shape index (κ1) is 15.2. The molecule has 0 aromatic carbocycles. The van der Waals surface area contributed by atoms with E-state index in [1.807, 2.05) is 13.8 Å². The van der Waals surface area contributed by atoms with Crippen LogP contribution in [0.3, 0.4) is 0 Å². The van der Waals surface area contributed by atoms with Crippen LogP contribution in [0.5, 0.6) is 0 Å². The van der Waals surface area contributed by atoms with Crippen molar-refractivity contribution in [2.45, 2.75) is 32.7 Å². The molecule has 2 heterocycles. The lowest BCUT2D eigenvalue weighted by atomic mass is 10.1. The zero-order valence-corrected chi connectivity index (χ0v) is 12.7. The van der Waals surface area contributed by atoms with Crippen molar-refractivity contribution < 1.29 is 14.7 Å². The predicted octanol–water partition coefficient (Wildman–Crippen LogP) is 1.77. The molecule has 7 heteroatoms. The van der Waals surface area contributed by atoms with Crippen molar-refractivity contribution in [1.82, 2.24) is 15.3 Å². The number of thiophene rings is 1. The highest BCUT2D eigenvalue weighted by atomic mass is 32.1. The SMILES string of the molecule is CCc1sc(C(=O)N[C@H](Cc2cnc[nH]2)C(=O)O)cc1C. The van der Waals surface area contributed by atoms with Gasteiger partial charge >= 0.3 is 5.97 Å². The van der Waals surface area contributed by atoms with Gasteiger partial charge in [0.1, 0.15) is 6.04 Å². The molecule has 0 saturated carbocycles. The first-order valence-corrected chi connectivity index (χ1v) is 7.43. The average Bonchev–Trinajstić information content (AvgIpc) is 3.07. The molecule has 0 radical (unpaired) electrons. The van der Waals surface area contributed by atoms with E-state index in [-0.39, 0.29) is 12.3 Å². The van der Waals surface area contributed by atoms with Crippen molar-refractivity contribution in [2.75, 3.05) is 0 Å². The minimum absolute atomic E-state index is 0.173. The van der Waals surface area contributed by atoms with Crippen LogP contribution in [-0.4, -0.2) is 33.0 Å². The Morgan fingerprint density at radius 1 is 1.52 bits per heavy atom. The van der Waals surface area contributed by atoms with Crippen LogP contribution in [0.2, 0.25) is 0 Å². The molecule has 0 aliphatic rings. The minimum atomic E-state index is -1.07. The number of aromatic amines is 1. The van der Waals surface area contributed by atoms with E-state index in [0.29, 0.717) is 10.6 Å². The molecule has 6 nitrogen and oxygen atoms in total. The van der Waals surface area contributed by atoms with Crippen molar-refractivity contribution in [2.24, 2.45) is 0 Å². The number of carboxylic acid groups (broad SMARTS) is 1. The zero-order chi connectivity index (χ0) is 15.4. The fourth-order valence-corrected chi connectivity index (χ4v) is 3.05. The van der Waals surface area contributed by atoms with E-state index in [1.54, 1.807) is 12.3 Å². The molecular formula is C14H17N3O3S. The molecule has 1 atom stereocenters. The van der Waals surface area contributed by atoms with Gasteiger partial charge in [-0.1, -0.05) is 6.92 Å². The minimum Gasteiger partial charge on any atom is -0.480 e. The Balaban J connectivity index is 2.08. The Bertz CT molecular complexity index is 634. The van der Waals surface area contributed by atoms with Crippen molar-refractivity contribution in [3.05, 3.63) is 39.6 Å². The van der Waals surface area contributed by atoms with Gasteiger partial charge < -0.3 is 15.4 Å². The van der Waals surface area contributed by atoms with E-state index in [1.165, 1.54) is 17.7 Å². The van der Waals surface area contributed by atoms with E-state index in [2.05, 4.69) is 15.3 Å².